The van der Waals surface area contributed by atoms with Crippen LogP contribution in [-0.4, -0.2) is 35.0 Å². The molecule has 0 saturated heterocycles. The van der Waals surface area contributed by atoms with Gasteiger partial charge < -0.3 is 10.1 Å². The quantitative estimate of drug-likeness (QED) is 0.787. The smallest absolute Gasteiger partial charge is 0.339 e. The number of aromatic nitrogens is 1. The monoisotopic (exact) mass is 371 g/mol. The van der Waals surface area contributed by atoms with Gasteiger partial charge in [0.1, 0.15) is 0 Å². The SMILES string of the molecule is CC(C)NC(=O)NC(=O)C(C)OC(=O)c1cc(C(C)C)nc2ccccc12. The molecule has 2 aromatic rings. The summed E-state index contributed by atoms with van der Waals surface area (Å²) in [6.07, 6.45) is -1.12. The fraction of sp³-hybridized carbons (Fsp3) is 0.400. The molecular weight excluding hydrogens is 346 g/mol. The molecule has 0 spiro atoms. The largest absolute Gasteiger partial charge is 0.449 e. The van der Waals surface area contributed by atoms with Crippen molar-refractivity contribution in [2.45, 2.75) is 52.7 Å². The second-order valence-corrected chi connectivity index (χ2v) is 6.93. The number of hydrogen-bond acceptors (Lipinski definition) is 5. The van der Waals surface area contributed by atoms with Crippen LogP contribution in [0.15, 0.2) is 30.3 Å². The predicted octanol–water partition coefficient (Wildman–Crippen LogP) is 3.14. The van der Waals surface area contributed by atoms with Crippen molar-refractivity contribution in [1.82, 2.24) is 15.6 Å². The molecule has 1 unspecified atom stereocenters. The van der Waals surface area contributed by atoms with Crippen molar-refractivity contribution in [2.75, 3.05) is 0 Å². The van der Waals surface area contributed by atoms with Gasteiger partial charge in [0.15, 0.2) is 6.10 Å². The standard InChI is InChI=1S/C20H25N3O4/c1-11(2)17-10-15(14-8-6-7-9-16(14)22-17)19(25)27-13(5)18(24)23-20(26)21-12(3)4/h6-13H,1-5H3,(H2,21,23,24,26). The minimum absolute atomic E-state index is 0.117. The van der Waals surface area contributed by atoms with Crippen molar-refractivity contribution in [1.29, 1.82) is 0 Å². The predicted molar refractivity (Wildman–Crippen MR) is 103 cm³/mol. The van der Waals surface area contributed by atoms with Crippen LogP contribution >= 0.6 is 0 Å². The second kappa shape index (κ2) is 8.62. The molecular formula is C20H25N3O4. The van der Waals surface area contributed by atoms with E-state index in [4.69, 9.17) is 4.74 Å². The number of para-hydroxylation sites is 1. The van der Waals surface area contributed by atoms with Gasteiger partial charge in [0.25, 0.3) is 5.91 Å². The Hall–Kier alpha value is -2.96. The van der Waals surface area contributed by atoms with Crippen molar-refractivity contribution < 1.29 is 19.1 Å². The first-order valence-electron chi connectivity index (χ1n) is 8.91. The van der Waals surface area contributed by atoms with Gasteiger partial charge in [-0.2, -0.15) is 0 Å². The van der Waals surface area contributed by atoms with Crippen molar-refractivity contribution in [3.63, 3.8) is 0 Å². The highest BCUT2D eigenvalue weighted by molar-refractivity contribution is 6.05. The Morgan fingerprint density at radius 3 is 2.33 bits per heavy atom. The number of hydrogen-bond donors (Lipinski definition) is 2. The number of benzene rings is 1. The van der Waals surface area contributed by atoms with Crippen LogP contribution in [0, 0.1) is 0 Å². The number of carbonyl (C=O) groups excluding carboxylic acids is 3. The number of nitrogens with one attached hydrogen (secondary N) is 2. The van der Waals surface area contributed by atoms with E-state index >= 15 is 0 Å². The lowest BCUT2D eigenvalue weighted by atomic mass is 10.0. The molecule has 2 N–H and O–H groups in total. The van der Waals surface area contributed by atoms with E-state index < -0.39 is 24.0 Å². The first kappa shape index (κ1) is 20.4. The first-order chi connectivity index (χ1) is 12.7. The van der Waals surface area contributed by atoms with Gasteiger partial charge >= 0.3 is 12.0 Å². The molecule has 3 amide bonds. The summed E-state index contributed by atoms with van der Waals surface area (Å²) in [5, 5.41) is 5.34. The zero-order valence-corrected chi connectivity index (χ0v) is 16.2. The highest BCUT2D eigenvalue weighted by Crippen LogP contribution is 2.23. The average molecular weight is 371 g/mol. The third kappa shape index (κ3) is 5.26. The molecule has 144 valence electrons. The Bertz CT molecular complexity index is 861. The third-order valence-electron chi connectivity index (χ3n) is 3.86. The number of pyridine rings is 1. The maximum Gasteiger partial charge on any atom is 0.339 e. The van der Waals surface area contributed by atoms with Crippen LogP contribution in [-0.2, 0) is 9.53 Å². The number of urea groups is 1. The van der Waals surface area contributed by atoms with Gasteiger partial charge in [0.2, 0.25) is 0 Å². The Morgan fingerprint density at radius 1 is 1.04 bits per heavy atom. The molecule has 7 nitrogen and oxygen atoms in total. The molecule has 0 fully saturated rings. The van der Waals surface area contributed by atoms with Gasteiger partial charge in [-0.3, -0.25) is 15.1 Å². The van der Waals surface area contributed by atoms with Gasteiger partial charge in [-0.1, -0.05) is 32.0 Å². The molecule has 2 rings (SSSR count). The van der Waals surface area contributed by atoms with Gasteiger partial charge in [0.05, 0.1) is 11.1 Å². The minimum atomic E-state index is -1.12. The fourth-order valence-electron chi connectivity index (χ4n) is 2.45. The molecule has 27 heavy (non-hydrogen) atoms. The molecule has 1 aromatic carbocycles. The Balaban J connectivity index is 2.20. The van der Waals surface area contributed by atoms with E-state index in [1.54, 1.807) is 26.0 Å². The van der Waals surface area contributed by atoms with Crippen LogP contribution in [0.1, 0.15) is 56.6 Å². The second-order valence-electron chi connectivity index (χ2n) is 6.93. The van der Waals surface area contributed by atoms with E-state index in [1.165, 1.54) is 6.92 Å². The molecule has 7 heteroatoms. The Morgan fingerprint density at radius 2 is 1.70 bits per heavy atom. The lowest BCUT2D eigenvalue weighted by Crippen LogP contribution is -2.46. The minimum Gasteiger partial charge on any atom is -0.449 e. The summed E-state index contributed by atoms with van der Waals surface area (Å²) in [7, 11) is 0. The topological polar surface area (TPSA) is 97.4 Å². The number of rotatable bonds is 5. The van der Waals surface area contributed by atoms with E-state index in [-0.39, 0.29) is 12.0 Å². The molecule has 0 radical (unpaired) electrons. The number of fused-ring (bicyclic) bond motifs is 1. The lowest BCUT2D eigenvalue weighted by Gasteiger charge is -2.16. The van der Waals surface area contributed by atoms with Crippen molar-refractivity contribution >= 4 is 28.8 Å². The number of amides is 3. The number of imide groups is 1. The average Bonchev–Trinajstić information content (AvgIpc) is 2.59. The molecule has 1 aromatic heterocycles. The van der Waals surface area contributed by atoms with E-state index in [1.807, 2.05) is 32.0 Å². The summed E-state index contributed by atoms with van der Waals surface area (Å²) in [6, 6.07) is 8.20. The fourth-order valence-corrected chi connectivity index (χ4v) is 2.45. The molecule has 0 aliphatic rings. The molecule has 0 saturated carbocycles. The summed E-state index contributed by atoms with van der Waals surface area (Å²) in [4.78, 5) is 40.9. The summed E-state index contributed by atoms with van der Waals surface area (Å²) < 4.78 is 5.29. The first-order valence-corrected chi connectivity index (χ1v) is 8.91. The van der Waals surface area contributed by atoms with Gasteiger partial charge in [-0.15, -0.1) is 0 Å². The maximum atomic E-state index is 12.7. The van der Waals surface area contributed by atoms with Crippen LogP contribution in [0.3, 0.4) is 0 Å². The van der Waals surface area contributed by atoms with Crippen molar-refractivity contribution in [3.05, 3.63) is 41.6 Å². The number of esters is 1. The number of ether oxygens (including phenoxy) is 1. The molecule has 1 heterocycles. The summed E-state index contributed by atoms with van der Waals surface area (Å²) in [5.41, 5.74) is 1.79. The van der Waals surface area contributed by atoms with Crippen molar-refractivity contribution in [2.24, 2.45) is 0 Å². The van der Waals surface area contributed by atoms with Crippen molar-refractivity contribution in [3.8, 4) is 0 Å². The van der Waals surface area contributed by atoms with E-state index in [9.17, 15) is 14.4 Å². The van der Waals surface area contributed by atoms with E-state index in [0.717, 1.165) is 5.69 Å². The normalized spacial score (nSPS) is 12.1. The van der Waals surface area contributed by atoms with Gasteiger partial charge in [0, 0.05) is 17.1 Å². The highest BCUT2D eigenvalue weighted by atomic mass is 16.5. The van der Waals surface area contributed by atoms with Crippen LogP contribution in [0.25, 0.3) is 10.9 Å². The number of nitrogens with zero attached hydrogens (tertiary/aromatic N) is 1. The van der Waals surface area contributed by atoms with E-state index in [0.29, 0.717) is 16.5 Å². The van der Waals surface area contributed by atoms with Gasteiger partial charge in [-0.05, 0) is 38.8 Å². The third-order valence-corrected chi connectivity index (χ3v) is 3.86. The summed E-state index contributed by atoms with van der Waals surface area (Å²) in [5.74, 6) is -1.20. The summed E-state index contributed by atoms with van der Waals surface area (Å²) >= 11 is 0. The summed E-state index contributed by atoms with van der Waals surface area (Å²) in [6.45, 7) is 8.93. The highest BCUT2D eigenvalue weighted by Gasteiger charge is 2.23. The van der Waals surface area contributed by atoms with Gasteiger partial charge in [-0.25, -0.2) is 9.59 Å². The zero-order chi connectivity index (χ0) is 20.1. The molecule has 0 aliphatic carbocycles. The molecule has 1 atom stereocenters. The van der Waals surface area contributed by atoms with E-state index in [2.05, 4.69) is 15.6 Å². The maximum absolute atomic E-state index is 12.7. The Kier molecular flexibility index (Phi) is 6.50. The van der Waals surface area contributed by atoms with Crippen LogP contribution < -0.4 is 10.6 Å². The van der Waals surface area contributed by atoms with Crippen LogP contribution in [0.4, 0.5) is 4.79 Å². The van der Waals surface area contributed by atoms with Crippen LogP contribution in [0.5, 0.6) is 0 Å². The lowest BCUT2D eigenvalue weighted by molar-refractivity contribution is -0.127. The molecule has 0 bridgehead atoms. The molecule has 0 aliphatic heterocycles. The Labute approximate surface area is 158 Å². The number of carbonyl (C=O) groups is 3. The van der Waals surface area contributed by atoms with Crippen LogP contribution in [0.2, 0.25) is 0 Å². The zero-order valence-electron chi connectivity index (χ0n) is 16.2.